The molecule has 2 aromatic carbocycles. The van der Waals surface area contributed by atoms with E-state index < -0.39 is 23.3 Å². The van der Waals surface area contributed by atoms with Gasteiger partial charge in [-0.15, -0.1) is 0 Å². The topological polar surface area (TPSA) is 81.6 Å². The Morgan fingerprint density at radius 3 is 2.54 bits per heavy atom. The van der Waals surface area contributed by atoms with Crippen molar-refractivity contribution in [1.82, 2.24) is 5.32 Å². The molecule has 0 fully saturated rings. The van der Waals surface area contributed by atoms with Crippen LogP contribution >= 0.6 is 0 Å². The van der Waals surface area contributed by atoms with Gasteiger partial charge in [-0.05, 0) is 61.6 Å². The van der Waals surface area contributed by atoms with E-state index >= 15 is 0 Å². The molecule has 150 valence electrons. The van der Waals surface area contributed by atoms with E-state index in [9.17, 15) is 23.8 Å². The number of aliphatic hydroxyl groups excluding tert-OH is 1. The molecule has 3 rings (SSSR count). The minimum absolute atomic E-state index is 0.0274. The lowest BCUT2D eigenvalue weighted by atomic mass is 9.91. The van der Waals surface area contributed by atoms with Gasteiger partial charge in [0.1, 0.15) is 17.4 Å². The molecule has 0 saturated carbocycles. The smallest absolute Gasteiger partial charge is 0.224 e. The highest BCUT2D eigenvalue weighted by molar-refractivity contribution is 5.96. The fourth-order valence-corrected chi connectivity index (χ4v) is 3.58. The number of hydrogen-bond donors (Lipinski definition) is 4. The van der Waals surface area contributed by atoms with Gasteiger partial charge in [0.2, 0.25) is 5.91 Å². The van der Waals surface area contributed by atoms with Crippen molar-refractivity contribution in [1.29, 1.82) is 0 Å². The van der Waals surface area contributed by atoms with Crippen LogP contribution in [0.3, 0.4) is 0 Å². The van der Waals surface area contributed by atoms with E-state index in [0.29, 0.717) is 36.1 Å². The molecule has 1 heterocycles. The second kappa shape index (κ2) is 7.85. The fourth-order valence-electron chi connectivity index (χ4n) is 3.58. The Morgan fingerprint density at radius 2 is 1.86 bits per heavy atom. The molecule has 0 bridgehead atoms. The van der Waals surface area contributed by atoms with Crippen LogP contribution in [0.5, 0.6) is 5.75 Å². The lowest BCUT2D eigenvalue weighted by molar-refractivity contribution is -0.116. The molecule has 7 heteroatoms. The maximum absolute atomic E-state index is 13.4. The van der Waals surface area contributed by atoms with Gasteiger partial charge in [-0.1, -0.05) is 6.07 Å². The summed E-state index contributed by atoms with van der Waals surface area (Å²) in [6.45, 7) is 3.97. The third-order valence-corrected chi connectivity index (χ3v) is 4.89. The molecule has 1 aliphatic heterocycles. The number of anilines is 1. The molecule has 0 saturated heterocycles. The quantitative estimate of drug-likeness (QED) is 0.571. The molecule has 0 radical (unpaired) electrons. The lowest BCUT2D eigenvalue weighted by Gasteiger charge is -2.29. The molecule has 1 aliphatic rings. The predicted molar refractivity (Wildman–Crippen MR) is 102 cm³/mol. The Labute approximate surface area is 162 Å². The average molecular weight is 390 g/mol. The van der Waals surface area contributed by atoms with Crippen LogP contribution in [-0.2, 0) is 17.6 Å². The van der Waals surface area contributed by atoms with Crippen LogP contribution in [0.25, 0.3) is 0 Å². The van der Waals surface area contributed by atoms with Crippen LogP contribution < -0.4 is 10.6 Å². The Morgan fingerprint density at radius 1 is 1.18 bits per heavy atom. The highest BCUT2D eigenvalue weighted by Crippen LogP contribution is 2.36. The van der Waals surface area contributed by atoms with Crippen molar-refractivity contribution in [2.24, 2.45) is 0 Å². The highest BCUT2D eigenvalue weighted by Gasteiger charge is 2.26. The molecule has 1 unspecified atom stereocenters. The average Bonchev–Trinajstić information content (AvgIpc) is 2.59. The molecule has 28 heavy (non-hydrogen) atoms. The van der Waals surface area contributed by atoms with Gasteiger partial charge < -0.3 is 20.8 Å². The maximum atomic E-state index is 13.4. The second-order valence-electron chi connectivity index (χ2n) is 7.81. The Balaban J connectivity index is 1.70. The van der Waals surface area contributed by atoms with Crippen LogP contribution in [0.2, 0.25) is 0 Å². The lowest BCUT2D eigenvalue weighted by Crippen LogP contribution is -2.43. The summed E-state index contributed by atoms with van der Waals surface area (Å²) in [6.07, 6.45) is 0.236. The van der Waals surface area contributed by atoms with Crippen LogP contribution in [0.1, 0.15) is 43.1 Å². The summed E-state index contributed by atoms with van der Waals surface area (Å²) in [7, 11) is 0. The largest absolute Gasteiger partial charge is 0.506 e. The summed E-state index contributed by atoms with van der Waals surface area (Å²) in [5.41, 5.74) is 1.70. The summed E-state index contributed by atoms with van der Waals surface area (Å²) in [4.78, 5) is 11.6. The number of phenols is 1. The van der Waals surface area contributed by atoms with Crippen LogP contribution in [-0.4, -0.2) is 28.2 Å². The first-order valence-corrected chi connectivity index (χ1v) is 9.17. The van der Waals surface area contributed by atoms with Gasteiger partial charge in [0.05, 0.1) is 11.8 Å². The van der Waals surface area contributed by atoms with E-state index in [4.69, 9.17) is 0 Å². The number of hydrogen-bond acceptors (Lipinski definition) is 4. The fraction of sp³-hybridized carbons (Fsp3) is 0.381. The Hall–Kier alpha value is -2.51. The van der Waals surface area contributed by atoms with Crippen molar-refractivity contribution >= 4 is 11.6 Å². The molecule has 0 aliphatic carbocycles. The van der Waals surface area contributed by atoms with Gasteiger partial charge in [-0.2, -0.15) is 0 Å². The Kier molecular flexibility index (Phi) is 5.67. The number of phenolic OH excluding ortho intramolecular Hbond substituents is 1. The van der Waals surface area contributed by atoms with Crippen LogP contribution in [0.15, 0.2) is 30.3 Å². The van der Waals surface area contributed by atoms with E-state index in [1.807, 2.05) is 13.8 Å². The molecule has 0 aromatic heterocycles. The van der Waals surface area contributed by atoms with Gasteiger partial charge in [-0.25, -0.2) is 8.78 Å². The van der Waals surface area contributed by atoms with Crippen molar-refractivity contribution in [3.05, 3.63) is 58.7 Å². The van der Waals surface area contributed by atoms with E-state index in [2.05, 4.69) is 10.6 Å². The second-order valence-corrected chi connectivity index (χ2v) is 7.81. The zero-order valence-corrected chi connectivity index (χ0v) is 15.9. The molecule has 1 amide bonds. The molecular formula is C21H24F2N2O3. The zero-order valence-electron chi connectivity index (χ0n) is 15.9. The van der Waals surface area contributed by atoms with E-state index in [-0.39, 0.29) is 18.2 Å². The summed E-state index contributed by atoms with van der Waals surface area (Å²) in [5.74, 6) is -1.44. The van der Waals surface area contributed by atoms with Crippen LogP contribution in [0.4, 0.5) is 14.5 Å². The minimum atomic E-state index is -0.868. The monoisotopic (exact) mass is 390 g/mol. The number of amides is 1. The van der Waals surface area contributed by atoms with Gasteiger partial charge in [0.15, 0.2) is 0 Å². The number of benzene rings is 2. The van der Waals surface area contributed by atoms with Crippen molar-refractivity contribution in [2.75, 3.05) is 11.9 Å². The molecule has 0 spiro atoms. The normalized spacial score (nSPS) is 15.1. The summed E-state index contributed by atoms with van der Waals surface area (Å²) in [5, 5.41) is 26.5. The highest BCUT2D eigenvalue weighted by atomic mass is 19.1. The first-order chi connectivity index (χ1) is 13.1. The van der Waals surface area contributed by atoms with Gasteiger partial charge in [0, 0.05) is 24.6 Å². The summed E-state index contributed by atoms with van der Waals surface area (Å²) < 4.78 is 26.8. The minimum Gasteiger partial charge on any atom is -0.506 e. The van der Waals surface area contributed by atoms with Crippen molar-refractivity contribution < 1.29 is 23.8 Å². The molecule has 4 N–H and O–H groups in total. The van der Waals surface area contributed by atoms with Crippen molar-refractivity contribution in [3.63, 3.8) is 0 Å². The number of aliphatic hydroxyl groups is 1. The van der Waals surface area contributed by atoms with Gasteiger partial charge >= 0.3 is 0 Å². The number of halogens is 2. The predicted octanol–water partition coefficient (Wildman–Crippen LogP) is 3.20. The SMILES string of the molecule is CC(C)(Cc1cc(F)cc(F)c1)NCC(O)c1ccc(O)c2c1CCC(=O)N2. The molecular weight excluding hydrogens is 366 g/mol. The van der Waals surface area contributed by atoms with E-state index in [1.165, 1.54) is 18.2 Å². The number of aromatic hydroxyl groups is 1. The zero-order chi connectivity index (χ0) is 20.5. The number of nitrogens with one attached hydrogen (secondary N) is 2. The van der Waals surface area contributed by atoms with Gasteiger partial charge in [-0.3, -0.25) is 4.79 Å². The number of β-amino-alcohol motifs (C(OH)–C–C–N with tert-alkyl or cyclic N) is 1. The van der Waals surface area contributed by atoms with Gasteiger partial charge in [0.25, 0.3) is 0 Å². The standard InChI is InChI=1S/C21H24F2N2O3/c1-21(2,10-12-7-13(22)9-14(23)8-12)24-11-18(27)15-3-5-17(26)20-16(15)4-6-19(28)25-20/h3,5,7-9,18,24,26-27H,4,6,10-11H2,1-2H3,(H,25,28). The van der Waals surface area contributed by atoms with Crippen molar-refractivity contribution in [3.8, 4) is 5.75 Å². The van der Waals surface area contributed by atoms with Crippen LogP contribution in [0, 0.1) is 11.6 Å². The first kappa shape index (κ1) is 20.2. The Bertz CT molecular complexity index is 879. The number of rotatable bonds is 6. The molecule has 5 nitrogen and oxygen atoms in total. The third-order valence-electron chi connectivity index (χ3n) is 4.89. The van der Waals surface area contributed by atoms with E-state index in [0.717, 1.165) is 11.6 Å². The number of carbonyl (C=O) groups excluding carboxylic acids is 1. The van der Waals surface area contributed by atoms with Crippen molar-refractivity contribution in [2.45, 2.75) is 44.8 Å². The van der Waals surface area contributed by atoms with E-state index in [1.54, 1.807) is 6.07 Å². The third kappa shape index (κ3) is 4.66. The first-order valence-electron chi connectivity index (χ1n) is 9.17. The summed E-state index contributed by atoms with van der Waals surface area (Å²) >= 11 is 0. The number of carbonyl (C=O) groups is 1. The summed E-state index contributed by atoms with van der Waals surface area (Å²) in [6, 6.07) is 6.51. The maximum Gasteiger partial charge on any atom is 0.224 e. The number of fused-ring (bicyclic) bond motifs is 1. The molecule has 2 aromatic rings. The molecule has 1 atom stereocenters.